The lowest BCUT2D eigenvalue weighted by atomic mass is 10.0. The van der Waals surface area contributed by atoms with E-state index < -0.39 is 0 Å². The van der Waals surface area contributed by atoms with Gasteiger partial charge in [0.15, 0.2) is 0 Å². The van der Waals surface area contributed by atoms with Crippen molar-refractivity contribution < 1.29 is 9.53 Å². The number of aromatic amines is 1. The van der Waals surface area contributed by atoms with Crippen molar-refractivity contribution in [1.82, 2.24) is 10.2 Å². The van der Waals surface area contributed by atoms with Crippen LogP contribution in [0.15, 0.2) is 60.7 Å². The van der Waals surface area contributed by atoms with Crippen LogP contribution in [0.25, 0.3) is 22.5 Å². The summed E-state index contributed by atoms with van der Waals surface area (Å²) in [6.45, 7) is 2.12. The normalized spacial score (nSPS) is 10.4. The van der Waals surface area contributed by atoms with Gasteiger partial charge >= 0.3 is 5.97 Å². The molecule has 3 rings (SSSR count). The van der Waals surface area contributed by atoms with Crippen molar-refractivity contribution in [2.24, 2.45) is 0 Å². The number of esters is 1. The molecule has 4 heteroatoms. The number of hydrogen-bond donors (Lipinski definition) is 1. The van der Waals surface area contributed by atoms with Crippen LogP contribution in [0.3, 0.4) is 0 Å². The highest BCUT2D eigenvalue weighted by molar-refractivity contribution is 6.02. The molecule has 22 heavy (non-hydrogen) atoms. The van der Waals surface area contributed by atoms with E-state index in [2.05, 4.69) is 10.2 Å². The van der Waals surface area contributed by atoms with E-state index >= 15 is 0 Å². The van der Waals surface area contributed by atoms with Crippen molar-refractivity contribution in [2.75, 3.05) is 6.61 Å². The van der Waals surface area contributed by atoms with Crippen LogP contribution in [-0.2, 0) is 4.74 Å². The molecule has 3 aromatic rings. The molecule has 0 unspecified atom stereocenters. The molecule has 1 heterocycles. The van der Waals surface area contributed by atoms with E-state index in [1.54, 1.807) is 6.92 Å². The molecule has 0 aliphatic rings. The average Bonchev–Trinajstić information content (AvgIpc) is 3.02. The van der Waals surface area contributed by atoms with Gasteiger partial charge in [-0.2, -0.15) is 5.10 Å². The maximum absolute atomic E-state index is 12.4. The molecule has 0 amide bonds. The van der Waals surface area contributed by atoms with Gasteiger partial charge in [-0.1, -0.05) is 60.7 Å². The summed E-state index contributed by atoms with van der Waals surface area (Å²) in [6.07, 6.45) is 0. The van der Waals surface area contributed by atoms with Crippen molar-refractivity contribution in [3.05, 3.63) is 66.2 Å². The molecule has 0 radical (unpaired) electrons. The number of benzene rings is 2. The SMILES string of the molecule is CCOC(=O)c1c(-c2ccccc2)n[nH]c1-c1ccccc1. The second-order valence-corrected chi connectivity index (χ2v) is 4.77. The van der Waals surface area contributed by atoms with Crippen LogP contribution in [0.1, 0.15) is 17.3 Å². The van der Waals surface area contributed by atoms with Gasteiger partial charge < -0.3 is 4.74 Å². The molecule has 0 atom stereocenters. The number of rotatable bonds is 4. The van der Waals surface area contributed by atoms with Crippen LogP contribution in [0, 0.1) is 0 Å². The molecule has 0 fully saturated rings. The molecule has 0 aliphatic carbocycles. The Morgan fingerprint density at radius 3 is 2.18 bits per heavy atom. The Labute approximate surface area is 128 Å². The van der Waals surface area contributed by atoms with Crippen molar-refractivity contribution in [1.29, 1.82) is 0 Å². The molecule has 0 saturated heterocycles. The van der Waals surface area contributed by atoms with E-state index in [1.165, 1.54) is 0 Å². The fourth-order valence-electron chi connectivity index (χ4n) is 2.36. The van der Waals surface area contributed by atoms with Gasteiger partial charge in [0.25, 0.3) is 0 Å². The van der Waals surface area contributed by atoms with E-state index in [-0.39, 0.29) is 5.97 Å². The third-order valence-electron chi connectivity index (χ3n) is 3.36. The molecule has 0 saturated carbocycles. The summed E-state index contributed by atoms with van der Waals surface area (Å²) in [5.41, 5.74) is 3.54. The number of ether oxygens (including phenoxy) is 1. The average molecular weight is 292 g/mol. The van der Waals surface area contributed by atoms with Crippen molar-refractivity contribution in [3.63, 3.8) is 0 Å². The van der Waals surface area contributed by atoms with Gasteiger partial charge in [0.2, 0.25) is 0 Å². The first-order valence-corrected chi connectivity index (χ1v) is 7.17. The van der Waals surface area contributed by atoms with Gasteiger partial charge in [-0.15, -0.1) is 0 Å². The highest BCUT2D eigenvalue weighted by atomic mass is 16.5. The number of H-pyrrole nitrogens is 1. The van der Waals surface area contributed by atoms with Crippen molar-refractivity contribution in [3.8, 4) is 22.5 Å². The first kappa shape index (κ1) is 14.1. The Kier molecular flexibility index (Phi) is 4.01. The second-order valence-electron chi connectivity index (χ2n) is 4.77. The van der Waals surface area contributed by atoms with Gasteiger partial charge in [-0.25, -0.2) is 4.79 Å². The van der Waals surface area contributed by atoms with Crippen LogP contribution in [0.4, 0.5) is 0 Å². The lowest BCUT2D eigenvalue weighted by Gasteiger charge is -2.06. The Hall–Kier alpha value is -2.88. The summed E-state index contributed by atoms with van der Waals surface area (Å²) in [6, 6.07) is 19.3. The van der Waals surface area contributed by atoms with Crippen LogP contribution in [0.2, 0.25) is 0 Å². The predicted molar refractivity (Wildman–Crippen MR) is 85.4 cm³/mol. The molecule has 2 aromatic carbocycles. The Morgan fingerprint density at radius 1 is 1.00 bits per heavy atom. The molecule has 4 nitrogen and oxygen atoms in total. The summed E-state index contributed by atoms with van der Waals surface area (Å²) < 4.78 is 5.21. The molecular formula is C18H16N2O2. The van der Waals surface area contributed by atoms with E-state index in [9.17, 15) is 4.79 Å². The molecule has 0 spiro atoms. The number of hydrogen-bond acceptors (Lipinski definition) is 3. The molecule has 110 valence electrons. The van der Waals surface area contributed by atoms with Gasteiger partial charge in [0, 0.05) is 11.1 Å². The largest absolute Gasteiger partial charge is 0.462 e. The Bertz CT molecular complexity index is 707. The smallest absolute Gasteiger partial charge is 0.342 e. The summed E-state index contributed by atoms with van der Waals surface area (Å²) >= 11 is 0. The predicted octanol–water partition coefficient (Wildman–Crippen LogP) is 3.92. The van der Waals surface area contributed by atoms with E-state index in [1.807, 2.05) is 60.7 Å². The zero-order chi connectivity index (χ0) is 15.4. The van der Waals surface area contributed by atoms with E-state index in [4.69, 9.17) is 4.74 Å². The fraction of sp³-hybridized carbons (Fsp3) is 0.111. The minimum absolute atomic E-state index is 0.326. The van der Waals surface area contributed by atoms with E-state index in [0.29, 0.717) is 23.6 Å². The topological polar surface area (TPSA) is 55.0 Å². The van der Waals surface area contributed by atoms with Crippen LogP contribution < -0.4 is 0 Å². The van der Waals surface area contributed by atoms with Crippen LogP contribution >= 0.6 is 0 Å². The van der Waals surface area contributed by atoms with E-state index in [0.717, 1.165) is 11.1 Å². The maximum Gasteiger partial charge on any atom is 0.342 e. The lowest BCUT2D eigenvalue weighted by molar-refractivity contribution is 0.0528. The number of nitrogens with zero attached hydrogens (tertiary/aromatic N) is 1. The summed E-state index contributed by atoms with van der Waals surface area (Å²) in [7, 11) is 0. The molecule has 1 aromatic heterocycles. The number of carbonyl (C=O) groups excluding carboxylic acids is 1. The minimum atomic E-state index is -0.367. The Balaban J connectivity index is 2.16. The van der Waals surface area contributed by atoms with Crippen molar-refractivity contribution >= 4 is 5.97 Å². The maximum atomic E-state index is 12.4. The lowest BCUT2D eigenvalue weighted by Crippen LogP contribution is -2.06. The third-order valence-corrected chi connectivity index (χ3v) is 3.36. The highest BCUT2D eigenvalue weighted by Gasteiger charge is 2.23. The Morgan fingerprint density at radius 2 is 1.59 bits per heavy atom. The van der Waals surface area contributed by atoms with Crippen LogP contribution in [-0.4, -0.2) is 22.8 Å². The number of aromatic nitrogens is 2. The first-order chi connectivity index (χ1) is 10.8. The fourth-order valence-corrected chi connectivity index (χ4v) is 2.36. The second kappa shape index (κ2) is 6.26. The summed E-state index contributed by atoms with van der Waals surface area (Å²) in [5, 5.41) is 7.32. The summed E-state index contributed by atoms with van der Waals surface area (Å²) in [4.78, 5) is 12.4. The standard InChI is InChI=1S/C18H16N2O2/c1-2-22-18(21)15-16(13-9-5-3-6-10-13)19-20-17(15)14-11-7-4-8-12-14/h3-12H,2H2,1H3,(H,19,20). The minimum Gasteiger partial charge on any atom is -0.462 e. The third kappa shape index (κ3) is 2.63. The molecule has 0 aliphatic heterocycles. The quantitative estimate of drug-likeness (QED) is 0.741. The zero-order valence-corrected chi connectivity index (χ0v) is 12.2. The van der Waals surface area contributed by atoms with Gasteiger partial charge in [0.1, 0.15) is 11.3 Å². The monoisotopic (exact) mass is 292 g/mol. The molecule has 0 bridgehead atoms. The molecular weight excluding hydrogens is 276 g/mol. The van der Waals surface area contributed by atoms with Gasteiger partial charge in [-0.05, 0) is 6.92 Å². The van der Waals surface area contributed by atoms with Crippen LogP contribution in [0.5, 0.6) is 0 Å². The first-order valence-electron chi connectivity index (χ1n) is 7.17. The number of nitrogens with one attached hydrogen (secondary N) is 1. The summed E-state index contributed by atoms with van der Waals surface area (Å²) in [5.74, 6) is -0.367. The molecule has 1 N–H and O–H groups in total. The van der Waals surface area contributed by atoms with Crippen molar-refractivity contribution in [2.45, 2.75) is 6.92 Å². The van der Waals surface area contributed by atoms with Gasteiger partial charge in [-0.3, -0.25) is 5.10 Å². The van der Waals surface area contributed by atoms with Gasteiger partial charge in [0.05, 0.1) is 12.3 Å². The highest BCUT2D eigenvalue weighted by Crippen LogP contribution is 2.30. The number of carbonyl (C=O) groups is 1. The zero-order valence-electron chi connectivity index (χ0n) is 12.2.